The van der Waals surface area contributed by atoms with Crippen molar-refractivity contribution in [2.75, 3.05) is 13.2 Å². The van der Waals surface area contributed by atoms with Crippen LogP contribution in [0.5, 0.6) is 11.5 Å². The lowest BCUT2D eigenvalue weighted by Gasteiger charge is -2.16. The monoisotopic (exact) mass is 289 g/mol. The molecule has 0 aliphatic heterocycles. The van der Waals surface area contributed by atoms with E-state index in [9.17, 15) is 9.50 Å². The Morgan fingerprint density at radius 2 is 2.05 bits per heavy atom. The molecule has 2 aromatic carbocycles. The maximum Gasteiger partial charge on any atom is 0.165 e. The minimum atomic E-state index is -0.372. The van der Waals surface area contributed by atoms with Crippen molar-refractivity contribution in [2.24, 2.45) is 5.73 Å². The Morgan fingerprint density at radius 3 is 2.67 bits per heavy atom. The van der Waals surface area contributed by atoms with Crippen molar-refractivity contribution in [2.45, 2.75) is 19.3 Å². The van der Waals surface area contributed by atoms with Gasteiger partial charge in [-0.05, 0) is 55.3 Å². The van der Waals surface area contributed by atoms with Crippen molar-refractivity contribution in [3.8, 4) is 11.5 Å². The predicted octanol–water partition coefficient (Wildman–Crippen LogP) is 3.22. The summed E-state index contributed by atoms with van der Waals surface area (Å²) in [6, 6.07) is 12.0. The minimum Gasteiger partial charge on any atom is -0.508 e. The molecule has 0 saturated carbocycles. The highest BCUT2D eigenvalue weighted by molar-refractivity contribution is 5.34. The number of hydrogen-bond acceptors (Lipinski definition) is 3. The first-order valence-electron chi connectivity index (χ1n) is 7.04. The van der Waals surface area contributed by atoms with Crippen molar-refractivity contribution in [1.82, 2.24) is 0 Å². The SMILES string of the molecule is CCOc1ccc(C(CN)Cc2cccc(O)c2)cc1F. The van der Waals surface area contributed by atoms with Gasteiger partial charge in [0, 0.05) is 5.92 Å². The molecule has 0 radical (unpaired) electrons. The molecule has 0 spiro atoms. The summed E-state index contributed by atoms with van der Waals surface area (Å²) in [5.74, 6) is 0.108. The van der Waals surface area contributed by atoms with Crippen LogP contribution in [0.15, 0.2) is 42.5 Å². The number of halogens is 1. The highest BCUT2D eigenvalue weighted by Crippen LogP contribution is 2.26. The smallest absolute Gasteiger partial charge is 0.165 e. The molecular weight excluding hydrogens is 269 g/mol. The molecule has 3 N–H and O–H groups in total. The van der Waals surface area contributed by atoms with Gasteiger partial charge in [0.15, 0.2) is 11.6 Å². The Bertz CT molecular complexity index is 601. The summed E-state index contributed by atoms with van der Waals surface area (Å²) in [5, 5.41) is 9.50. The molecule has 0 amide bonds. The molecule has 112 valence electrons. The van der Waals surface area contributed by atoms with Gasteiger partial charge in [-0.15, -0.1) is 0 Å². The number of phenolic OH excluding ortho intramolecular Hbond substituents is 1. The molecule has 0 aliphatic rings. The number of hydrogen-bond donors (Lipinski definition) is 2. The molecule has 0 aromatic heterocycles. The molecule has 0 heterocycles. The van der Waals surface area contributed by atoms with Gasteiger partial charge >= 0.3 is 0 Å². The summed E-state index contributed by atoms with van der Waals surface area (Å²) in [7, 11) is 0. The van der Waals surface area contributed by atoms with E-state index in [1.165, 1.54) is 6.07 Å². The van der Waals surface area contributed by atoms with E-state index in [1.54, 1.807) is 24.3 Å². The molecule has 0 fully saturated rings. The molecule has 0 saturated heterocycles. The van der Waals surface area contributed by atoms with Gasteiger partial charge in [-0.25, -0.2) is 4.39 Å². The van der Waals surface area contributed by atoms with Gasteiger partial charge in [-0.2, -0.15) is 0 Å². The van der Waals surface area contributed by atoms with Crippen LogP contribution in [-0.4, -0.2) is 18.3 Å². The number of phenols is 1. The van der Waals surface area contributed by atoms with Crippen LogP contribution in [-0.2, 0) is 6.42 Å². The largest absolute Gasteiger partial charge is 0.508 e. The van der Waals surface area contributed by atoms with Crippen molar-refractivity contribution in [3.05, 3.63) is 59.4 Å². The number of ether oxygens (including phenoxy) is 1. The normalized spacial score (nSPS) is 12.1. The number of nitrogens with two attached hydrogens (primary N) is 1. The van der Waals surface area contributed by atoms with Crippen LogP contribution in [0.3, 0.4) is 0 Å². The molecule has 1 unspecified atom stereocenters. The van der Waals surface area contributed by atoms with E-state index in [0.29, 0.717) is 19.6 Å². The van der Waals surface area contributed by atoms with Gasteiger partial charge in [0.2, 0.25) is 0 Å². The van der Waals surface area contributed by atoms with E-state index in [2.05, 4.69) is 0 Å². The first-order chi connectivity index (χ1) is 10.1. The van der Waals surface area contributed by atoms with E-state index in [4.69, 9.17) is 10.5 Å². The second-order valence-corrected chi connectivity index (χ2v) is 4.93. The lowest BCUT2D eigenvalue weighted by Crippen LogP contribution is -2.15. The number of rotatable bonds is 6. The van der Waals surface area contributed by atoms with Gasteiger partial charge in [-0.1, -0.05) is 18.2 Å². The van der Waals surface area contributed by atoms with Crippen LogP contribution in [0.25, 0.3) is 0 Å². The highest BCUT2D eigenvalue weighted by Gasteiger charge is 2.14. The molecule has 4 heteroatoms. The summed E-state index contributed by atoms with van der Waals surface area (Å²) in [5.41, 5.74) is 7.63. The number of aromatic hydroxyl groups is 1. The van der Waals surface area contributed by atoms with Crippen LogP contribution in [0.2, 0.25) is 0 Å². The Morgan fingerprint density at radius 1 is 1.24 bits per heavy atom. The first kappa shape index (κ1) is 15.3. The zero-order valence-electron chi connectivity index (χ0n) is 12.1. The second kappa shape index (κ2) is 7.09. The summed E-state index contributed by atoms with van der Waals surface area (Å²) < 4.78 is 19.1. The summed E-state index contributed by atoms with van der Waals surface area (Å²) in [6.45, 7) is 2.65. The number of benzene rings is 2. The third-order valence-electron chi connectivity index (χ3n) is 3.40. The van der Waals surface area contributed by atoms with Gasteiger partial charge in [0.1, 0.15) is 5.75 Å². The van der Waals surface area contributed by atoms with Crippen LogP contribution in [0, 0.1) is 5.82 Å². The Labute approximate surface area is 124 Å². The summed E-state index contributed by atoms with van der Waals surface area (Å²) in [4.78, 5) is 0. The Hall–Kier alpha value is -2.07. The molecule has 0 aliphatic carbocycles. The lowest BCUT2D eigenvalue weighted by molar-refractivity contribution is 0.321. The van der Waals surface area contributed by atoms with Gasteiger partial charge in [0.05, 0.1) is 6.61 Å². The predicted molar refractivity (Wildman–Crippen MR) is 81.2 cm³/mol. The maximum absolute atomic E-state index is 13.9. The topological polar surface area (TPSA) is 55.5 Å². The van der Waals surface area contributed by atoms with Crippen LogP contribution < -0.4 is 10.5 Å². The molecule has 1 atom stereocenters. The van der Waals surface area contributed by atoms with Crippen molar-refractivity contribution < 1.29 is 14.2 Å². The third kappa shape index (κ3) is 3.95. The molecule has 21 heavy (non-hydrogen) atoms. The molecular formula is C17H20FNO2. The fraction of sp³-hybridized carbons (Fsp3) is 0.294. The van der Waals surface area contributed by atoms with E-state index < -0.39 is 0 Å². The average molecular weight is 289 g/mol. The Kier molecular flexibility index (Phi) is 5.17. The van der Waals surface area contributed by atoms with Crippen LogP contribution in [0.4, 0.5) is 4.39 Å². The summed E-state index contributed by atoms with van der Waals surface area (Å²) >= 11 is 0. The van der Waals surface area contributed by atoms with Gasteiger partial charge in [0.25, 0.3) is 0 Å². The quantitative estimate of drug-likeness (QED) is 0.858. The van der Waals surface area contributed by atoms with Crippen LogP contribution >= 0.6 is 0 Å². The van der Waals surface area contributed by atoms with Gasteiger partial charge < -0.3 is 15.6 Å². The van der Waals surface area contributed by atoms with Crippen molar-refractivity contribution in [1.29, 1.82) is 0 Å². The van der Waals surface area contributed by atoms with E-state index in [1.807, 2.05) is 19.1 Å². The average Bonchev–Trinajstić information content (AvgIpc) is 2.47. The molecule has 2 aromatic rings. The zero-order valence-corrected chi connectivity index (χ0v) is 12.1. The summed E-state index contributed by atoms with van der Waals surface area (Å²) in [6.07, 6.45) is 0.651. The maximum atomic E-state index is 13.9. The standard InChI is InChI=1S/C17H20FNO2/c1-2-21-17-7-6-13(10-16(17)18)14(11-19)8-12-4-3-5-15(20)9-12/h3-7,9-10,14,20H,2,8,11,19H2,1H3. The van der Waals surface area contributed by atoms with E-state index in [-0.39, 0.29) is 23.2 Å². The van der Waals surface area contributed by atoms with E-state index >= 15 is 0 Å². The van der Waals surface area contributed by atoms with Crippen molar-refractivity contribution in [3.63, 3.8) is 0 Å². The highest BCUT2D eigenvalue weighted by atomic mass is 19.1. The fourth-order valence-electron chi connectivity index (χ4n) is 2.35. The molecule has 2 rings (SSSR count). The molecule has 0 bridgehead atoms. The minimum absolute atomic E-state index is 0.00280. The van der Waals surface area contributed by atoms with Gasteiger partial charge in [-0.3, -0.25) is 0 Å². The van der Waals surface area contributed by atoms with Crippen molar-refractivity contribution >= 4 is 0 Å². The Balaban J connectivity index is 2.19. The fourth-order valence-corrected chi connectivity index (χ4v) is 2.35. The van der Waals surface area contributed by atoms with Crippen LogP contribution in [0.1, 0.15) is 24.0 Å². The molecule has 3 nitrogen and oxygen atoms in total. The first-order valence-corrected chi connectivity index (χ1v) is 7.04. The second-order valence-electron chi connectivity index (χ2n) is 4.93. The lowest BCUT2D eigenvalue weighted by atomic mass is 9.92. The van der Waals surface area contributed by atoms with E-state index in [0.717, 1.165) is 11.1 Å². The zero-order chi connectivity index (χ0) is 15.2. The third-order valence-corrected chi connectivity index (χ3v) is 3.40.